The lowest BCUT2D eigenvalue weighted by molar-refractivity contribution is 0.0671. The Morgan fingerprint density at radius 3 is 2.07 bits per heavy atom. The molecular weight excluding hydrogens is 377 g/mol. The van der Waals surface area contributed by atoms with Gasteiger partial charge in [0, 0.05) is 47.6 Å². The van der Waals surface area contributed by atoms with Crippen molar-refractivity contribution in [3.05, 3.63) is 59.9 Å². The van der Waals surface area contributed by atoms with Gasteiger partial charge in [0.1, 0.15) is 5.82 Å². The second kappa shape index (κ2) is 9.10. The summed E-state index contributed by atoms with van der Waals surface area (Å²) in [6.07, 6.45) is 0. The third-order valence-electron chi connectivity index (χ3n) is 4.42. The van der Waals surface area contributed by atoms with Gasteiger partial charge in [0.2, 0.25) is 0 Å². The van der Waals surface area contributed by atoms with E-state index in [1.165, 1.54) is 24.3 Å². The molecule has 1 aliphatic rings. The zero-order valence-corrected chi connectivity index (χ0v) is 16.8. The molecule has 0 unspecified atom stereocenters. The first kappa shape index (κ1) is 20.2. The molecule has 1 saturated heterocycles. The highest BCUT2D eigenvalue weighted by Crippen LogP contribution is 2.23. The molecule has 148 valence electrons. The predicted octanol–water partition coefficient (Wildman–Crippen LogP) is 4.32. The molecule has 3 rings (SSSR count). The van der Waals surface area contributed by atoms with E-state index in [0.717, 1.165) is 4.90 Å². The van der Waals surface area contributed by atoms with Gasteiger partial charge in [-0.15, -0.1) is 11.8 Å². The van der Waals surface area contributed by atoms with E-state index in [9.17, 15) is 14.0 Å². The number of urea groups is 1. The van der Waals surface area contributed by atoms with Crippen LogP contribution in [-0.4, -0.2) is 53.2 Å². The van der Waals surface area contributed by atoms with E-state index < -0.39 is 0 Å². The summed E-state index contributed by atoms with van der Waals surface area (Å²) in [5, 5.41) is 3.25. The molecule has 0 radical (unpaired) electrons. The van der Waals surface area contributed by atoms with Gasteiger partial charge in [-0.25, -0.2) is 9.18 Å². The first-order valence-electron chi connectivity index (χ1n) is 9.30. The number of carbonyl (C=O) groups excluding carboxylic acids is 2. The van der Waals surface area contributed by atoms with Gasteiger partial charge in [-0.05, 0) is 48.5 Å². The maximum atomic E-state index is 13.0. The van der Waals surface area contributed by atoms with Crippen LogP contribution >= 0.6 is 11.8 Å². The lowest BCUT2D eigenvalue weighted by atomic mass is 10.2. The van der Waals surface area contributed by atoms with Crippen molar-refractivity contribution < 1.29 is 14.0 Å². The summed E-state index contributed by atoms with van der Waals surface area (Å²) in [4.78, 5) is 29.6. The first-order valence-corrected chi connectivity index (χ1v) is 10.2. The Hall–Kier alpha value is -2.54. The molecule has 0 saturated carbocycles. The van der Waals surface area contributed by atoms with Crippen molar-refractivity contribution in [2.45, 2.75) is 24.0 Å². The Kier molecular flexibility index (Phi) is 6.57. The van der Waals surface area contributed by atoms with Crippen molar-refractivity contribution in [3.63, 3.8) is 0 Å². The number of anilines is 1. The molecule has 1 aliphatic heterocycles. The standard InChI is InChI=1S/C21H24FN3O2S/c1-15(2)28-19-9-3-16(4-10-19)20(26)24-11-13-25(14-12-24)21(27)23-18-7-5-17(22)6-8-18/h3-10,15H,11-14H2,1-2H3,(H,23,27). The summed E-state index contributed by atoms with van der Waals surface area (Å²) in [5.41, 5.74) is 1.21. The van der Waals surface area contributed by atoms with E-state index in [1.54, 1.807) is 21.6 Å². The number of hydrogen-bond donors (Lipinski definition) is 1. The average molecular weight is 402 g/mol. The Balaban J connectivity index is 1.52. The largest absolute Gasteiger partial charge is 0.335 e. The number of carbonyl (C=O) groups is 2. The third kappa shape index (κ3) is 5.25. The van der Waals surface area contributed by atoms with Crippen LogP contribution in [0, 0.1) is 5.82 Å². The molecule has 1 heterocycles. The van der Waals surface area contributed by atoms with Crippen LogP contribution < -0.4 is 5.32 Å². The molecule has 3 amide bonds. The quantitative estimate of drug-likeness (QED) is 0.777. The van der Waals surface area contributed by atoms with E-state index in [-0.39, 0.29) is 17.8 Å². The van der Waals surface area contributed by atoms with Crippen LogP contribution in [0.15, 0.2) is 53.4 Å². The van der Waals surface area contributed by atoms with Gasteiger partial charge in [0.05, 0.1) is 0 Å². The Labute approximate surface area is 168 Å². The number of hydrogen-bond acceptors (Lipinski definition) is 3. The van der Waals surface area contributed by atoms with E-state index >= 15 is 0 Å². The van der Waals surface area contributed by atoms with Gasteiger partial charge in [0.15, 0.2) is 0 Å². The predicted molar refractivity (Wildman–Crippen MR) is 110 cm³/mol. The van der Waals surface area contributed by atoms with Crippen molar-refractivity contribution >= 4 is 29.4 Å². The maximum Gasteiger partial charge on any atom is 0.321 e. The maximum absolute atomic E-state index is 13.0. The van der Waals surface area contributed by atoms with Crippen molar-refractivity contribution in [3.8, 4) is 0 Å². The van der Waals surface area contributed by atoms with Crippen molar-refractivity contribution in [1.29, 1.82) is 0 Å². The molecule has 0 aromatic heterocycles. The summed E-state index contributed by atoms with van der Waals surface area (Å²) in [6.45, 7) is 6.15. The van der Waals surface area contributed by atoms with Crippen LogP contribution in [0.5, 0.6) is 0 Å². The fourth-order valence-electron chi connectivity index (χ4n) is 2.98. The molecule has 1 fully saturated rings. The number of rotatable bonds is 4. The normalized spacial score (nSPS) is 14.3. The summed E-state index contributed by atoms with van der Waals surface area (Å²) in [7, 11) is 0. The average Bonchev–Trinajstić information content (AvgIpc) is 2.69. The zero-order valence-electron chi connectivity index (χ0n) is 16.0. The molecule has 0 spiro atoms. The number of halogens is 1. The molecule has 0 aliphatic carbocycles. The van der Waals surface area contributed by atoms with E-state index in [0.29, 0.717) is 42.7 Å². The van der Waals surface area contributed by atoms with Crippen LogP contribution in [0.25, 0.3) is 0 Å². The van der Waals surface area contributed by atoms with Crippen LogP contribution in [0.1, 0.15) is 24.2 Å². The monoisotopic (exact) mass is 401 g/mol. The van der Waals surface area contributed by atoms with Gasteiger partial charge in [0.25, 0.3) is 5.91 Å². The van der Waals surface area contributed by atoms with E-state index in [1.807, 2.05) is 24.3 Å². The highest BCUT2D eigenvalue weighted by Gasteiger charge is 2.25. The number of amides is 3. The van der Waals surface area contributed by atoms with Gasteiger partial charge >= 0.3 is 6.03 Å². The van der Waals surface area contributed by atoms with E-state index in [2.05, 4.69) is 19.2 Å². The highest BCUT2D eigenvalue weighted by atomic mass is 32.2. The molecule has 0 atom stereocenters. The SMILES string of the molecule is CC(C)Sc1ccc(C(=O)N2CCN(C(=O)Nc3ccc(F)cc3)CC2)cc1. The topological polar surface area (TPSA) is 52.7 Å². The Bertz CT molecular complexity index is 817. The Morgan fingerprint density at radius 2 is 1.50 bits per heavy atom. The lowest BCUT2D eigenvalue weighted by Crippen LogP contribution is -2.51. The summed E-state index contributed by atoms with van der Waals surface area (Å²) >= 11 is 1.76. The third-order valence-corrected chi connectivity index (χ3v) is 5.44. The molecule has 2 aromatic carbocycles. The van der Waals surface area contributed by atoms with Crippen LogP contribution in [0.2, 0.25) is 0 Å². The van der Waals surface area contributed by atoms with Gasteiger partial charge in [-0.2, -0.15) is 0 Å². The number of benzene rings is 2. The second-order valence-electron chi connectivity index (χ2n) is 6.91. The fourth-order valence-corrected chi connectivity index (χ4v) is 3.82. The van der Waals surface area contributed by atoms with Crippen molar-refractivity contribution in [2.24, 2.45) is 0 Å². The smallest absolute Gasteiger partial charge is 0.321 e. The molecule has 1 N–H and O–H groups in total. The number of nitrogens with one attached hydrogen (secondary N) is 1. The molecule has 28 heavy (non-hydrogen) atoms. The minimum atomic E-state index is -0.346. The first-order chi connectivity index (χ1) is 13.4. The molecular formula is C21H24FN3O2S. The molecule has 5 nitrogen and oxygen atoms in total. The molecule has 0 bridgehead atoms. The van der Waals surface area contributed by atoms with Crippen molar-refractivity contribution in [1.82, 2.24) is 9.80 Å². The van der Waals surface area contributed by atoms with Crippen LogP contribution in [-0.2, 0) is 0 Å². The van der Waals surface area contributed by atoms with Gasteiger partial charge in [-0.1, -0.05) is 13.8 Å². The Morgan fingerprint density at radius 1 is 0.929 bits per heavy atom. The van der Waals surface area contributed by atoms with Crippen LogP contribution in [0.4, 0.5) is 14.9 Å². The zero-order chi connectivity index (χ0) is 20.1. The summed E-state index contributed by atoms with van der Waals surface area (Å²) in [5.74, 6) is -0.361. The van der Waals surface area contributed by atoms with Crippen molar-refractivity contribution in [2.75, 3.05) is 31.5 Å². The number of nitrogens with zero attached hydrogens (tertiary/aromatic N) is 2. The molecule has 2 aromatic rings. The minimum Gasteiger partial charge on any atom is -0.335 e. The molecule has 7 heteroatoms. The second-order valence-corrected chi connectivity index (χ2v) is 8.56. The van der Waals surface area contributed by atoms with Gasteiger partial charge < -0.3 is 15.1 Å². The minimum absolute atomic E-state index is 0.0142. The summed E-state index contributed by atoms with van der Waals surface area (Å²) < 4.78 is 13.0. The van der Waals surface area contributed by atoms with Crippen LogP contribution in [0.3, 0.4) is 0 Å². The highest BCUT2D eigenvalue weighted by molar-refractivity contribution is 7.99. The van der Waals surface area contributed by atoms with E-state index in [4.69, 9.17) is 0 Å². The lowest BCUT2D eigenvalue weighted by Gasteiger charge is -2.34. The summed E-state index contributed by atoms with van der Waals surface area (Å²) in [6, 6.07) is 13.1. The fraction of sp³-hybridized carbons (Fsp3) is 0.333. The van der Waals surface area contributed by atoms with Gasteiger partial charge in [-0.3, -0.25) is 4.79 Å². The number of piperazine rings is 1. The number of thioether (sulfide) groups is 1.